The first-order valence-corrected chi connectivity index (χ1v) is 9.92. The summed E-state index contributed by atoms with van der Waals surface area (Å²) in [5, 5.41) is 2.14. The summed E-state index contributed by atoms with van der Waals surface area (Å²) in [6.45, 7) is 15.3. The third-order valence-corrected chi connectivity index (χ3v) is 8.39. The van der Waals surface area contributed by atoms with Crippen molar-refractivity contribution in [1.29, 1.82) is 0 Å². The molecule has 25 heavy (non-hydrogen) atoms. The summed E-state index contributed by atoms with van der Waals surface area (Å²) >= 11 is 1.73. The van der Waals surface area contributed by atoms with Gasteiger partial charge in [0.2, 0.25) is 0 Å². The molecule has 0 amide bonds. The molecule has 2 aliphatic heterocycles. The van der Waals surface area contributed by atoms with E-state index in [1.54, 1.807) is 11.3 Å². The van der Waals surface area contributed by atoms with E-state index in [2.05, 4.69) is 80.6 Å². The Hall–Kier alpha value is -1.81. The highest BCUT2D eigenvalue weighted by atomic mass is 32.1. The zero-order chi connectivity index (χ0) is 17.8. The predicted octanol–water partition coefficient (Wildman–Crippen LogP) is 5.26. The molecule has 5 rings (SSSR count). The van der Waals surface area contributed by atoms with E-state index in [0.717, 1.165) is 11.5 Å². The quantitative estimate of drug-likeness (QED) is 0.551. The van der Waals surface area contributed by atoms with Crippen LogP contribution in [0.15, 0.2) is 29.8 Å². The van der Waals surface area contributed by atoms with Crippen LogP contribution in [0.5, 0.6) is 0 Å². The van der Waals surface area contributed by atoms with Crippen LogP contribution in [0.25, 0.3) is 4.96 Å². The number of aryl methyl sites for hydroxylation is 1. The Morgan fingerprint density at radius 1 is 1.12 bits per heavy atom. The monoisotopic (exact) mass is 351 g/mol. The number of hydrogen-bond donors (Lipinski definition) is 0. The molecule has 1 unspecified atom stereocenters. The Kier molecular flexibility index (Phi) is 2.65. The lowest BCUT2D eigenvalue weighted by molar-refractivity contribution is 0.0660. The first-order chi connectivity index (χ1) is 11.7. The number of aromatic nitrogens is 2. The van der Waals surface area contributed by atoms with Gasteiger partial charge in [0.05, 0.1) is 23.5 Å². The predicted molar refractivity (Wildman–Crippen MR) is 105 cm³/mol. The van der Waals surface area contributed by atoms with Crippen LogP contribution >= 0.6 is 11.3 Å². The smallest absolute Gasteiger partial charge is 0.194 e. The van der Waals surface area contributed by atoms with Crippen LogP contribution in [0, 0.1) is 12.3 Å². The number of imidazole rings is 1. The average molecular weight is 352 g/mol. The van der Waals surface area contributed by atoms with E-state index < -0.39 is 0 Å². The number of anilines is 1. The van der Waals surface area contributed by atoms with Crippen molar-refractivity contribution in [3.05, 3.63) is 52.3 Å². The zero-order valence-electron chi connectivity index (χ0n) is 15.8. The minimum Gasteiger partial charge on any atom is -0.353 e. The van der Waals surface area contributed by atoms with Gasteiger partial charge in [0.1, 0.15) is 0 Å². The molecule has 0 N–H and O–H groups in total. The lowest BCUT2D eigenvalue weighted by Crippen LogP contribution is -2.61. The number of benzene rings is 1. The highest BCUT2D eigenvalue weighted by Crippen LogP contribution is 2.64. The van der Waals surface area contributed by atoms with Crippen LogP contribution in [-0.4, -0.2) is 9.38 Å². The van der Waals surface area contributed by atoms with Gasteiger partial charge in [-0.2, -0.15) is 0 Å². The van der Waals surface area contributed by atoms with Crippen molar-refractivity contribution in [1.82, 2.24) is 9.38 Å². The maximum Gasteiger partial charge on any atom is 0.194 e. The maximum atomic E-state index is 5.11. The van der Waals surface area contributed by atoms with E-state index in [9.17, 15) is 0 Å². The summed E-state index contributed by atoms with van der Waals surface area (Å²) in [6, 6.07) is 6.78. The van der Waals surface area contributed by atoms with Gasteiger partial charge in [0.25, 0.3) is 0 Å². The molecule has 2 aromatic heterocycles. The molecule has 1 atom stereocenters. The summed E-state index contributed by atoms with van der Waals surface area (Å²) in [7, 11) is 0. The molecule has 130 valence electrons. The fourth-order valence-electron chi connectivity index (χ4n) is 5.21. The van der Waals surface area contributed by atoms with Gasteiger partial charge in [-0.15, -0.1) is 11.3 Å². The topological polar surface area (TPSA) is 20.5 Å². The van der Waals surface area contributed by atoms with E-state index in [4.69, 9.17) is 4.98 Å². The Morgan fingerprint density at radius 3 is 2.64 bits per heavy atom. The Labute approximate surface area is 153 Å². The van der Waals surface area contributed by atoms with Gasteiger partial charge in [-0.3, -0.25) is 4.40 Å². The molecule has 4 heteroatoms. The molecule has 3 nitrogen and oxygen atoms in total. The van der Waals surface area contributed by atoms with Crippen molar-refractivity contribution < 1.29 is 0 Å². The highest BCUT2D eigenvalue weighted by Gasteiger charge is 2.63. The number of rotatable bonds is 0. The van der Waals surface area contributed by atoms with Gasteiger partial charge in [-0.1, -0.05) is 45.9 Å². The molecule has 4 heterocycles. The normalized spacial score (nSPS) is 25.8. The summed E-state index contributed by atoms with van der Waals surface area (Å²) in [5.41, 5.74) is 6.85. The van der Waals surface area contributed by atoms with E-state index in [0.29, 0.717) is 0 Å². The van der Waals surface area contributed by atoms with Crippen molar-refractivity contribution in [3.8, 4) is 0 Å². The Balaban J connectivity index is 1.90. The highest BCUT2D eigenvalue weighted by molar-refractivity contribution is 7.15. The molecule has 0 bridgehead atoms. The molecular formula is C21H25N3S. The Morgan fingerprint density at radius 2 is 1.88 bits per heavy atom. The van der Waals surface area contributed by atoms with E-state index in [1.807, 2.05) is 0 Å². The van der Waals surface area contributed by atoms with Crippen molar-refractivity contribution >= 4 is 22.0 Å². The van der Waals surface area contributed by atoms with Gasteiger partial charge in [-0.25, -0.2) is 4.98 Å². The second kappa shape index (κ2) is 4.29. The third-order valence-electron chi connectivity index (χ3n) is 7.63. The number of fused-ring (bicyclic) bond motifs is 7. The summed E-state index contributed by atoms with van der Waals surface area (Å²) < 4.78 is 2.30. The molecular weight excluding hydrogens is 326 g/mol. The van der Waals surface area contributed by atoms with Gasteiger partial charge < -0.3 is 4.90 Å². The molecule has 0 saturated carbocycles. The molecule has 2 aliphatic rings. The second-order valence-electron chi connectivity index (χ2n) is 8.84. The first kappa shape index (κ1) is 15.4. The van der Waals surface area contributed by atoms with Crippen LogP contribution in [0.4, 0.5) is 5.69 Å². The molecule has 0 radical (unpaired) electrons. The minimum atomic E-state index is -0.114. The van der Waals surface area contributed by atoms with Crippen LogP contribution in [-0.2, 0) is 17.5 Å². The van der Waals surface area contributed by atoms with Crippen LogP contribution in [0.3, 0.4) is 0 Å². The van der Waals surface area contributed by atoms with E-state index >= 15 is 0 Å². The van der Waals surface area contributed by atoms with Gasteiger partial charge in [-0.05, 0) is 30.4 Å². The van der Waals surface area contributed by atoms with Gasteiger partial charge in [0, 0.05) is 22.7 Å². The maximum absolute atomic E-state index is 5.11. The van der Waals surface area contributed by atoms with Gasteiger partial charge >= 0.3 is 0 Å². The van der Waals surface area contributed by atoms with E-state index in [-0.39, 0.29) is 16.4 Å². The summed E-state index contributed by atoms with van der Waals surface area (Å²) in [6.07, 6.45) is 2.17. The van der Waals surface area contributed by atoms with Crippen LogP contribution in [0.1, 0.15) is 57.1 Å². The largest absolute Gasteiger partial charge is 0.353 e. The third kappa shape index (κ3) is 1.48. The summed E-state index contributed by atoms with van der Waals surface area (Å²) in [5.74, 6) is 0. The fourth-order valence-corrected chi connectivity index (χ4v) is 5.94. The van der Waals surface area contributed by atoms with Crippen molar-refractivity contribution in [2.24, 2.45) is 5.41 Å². The lowest BCUT2D eigenvalue weighted by Gasteiger charge is -2.61. The number of thiazole rings is 1. The molecule has 1 aromatic carbocycles. The number of nitrogens with zero attached hydrogens (tertiary/aromatic N) is 3. The van der Waals surface area contributed by atoms with Crippen molar-refractivity contribution in [2.45, 2.75) is 59.0 Å². The summed E-state index contributed by atoms with van der Waals surface area (Å²) in [4.78, 5) is 8.86. The van der Waals surface area contributed by atoms with Crippen LogP contribution < -0.4 is 4.90 Å². The SMILES string of the molecule is Cc1cccc2c1N1Cc3c(nc4sccn34)C1(C)C(C)(C)C2(C)C. The number of para-hydroxylation sites is 1. The second-order valence-corrected chi connectivity index (χ2v) is 9.72. The zero-order valence-corrected chi connectivity index (χ0v) is 16.7. The lowest BCUT2D eigenvalue weighted by atomic mass is 9.52. The molecule has 0 fully saturated rings. The first-order valence-electron chi connectivity index (χ1n) is 9.04. The fraction of sp³-hybridized carbons (Fsp3) is 0.476. The molecule has 0 spiro atoms. The number of hydrogen-bond acceptors (Lipinski definition) is 3. The molecule has 0 aliphatic carbocycles. The average Bonchev–Trinajstić information content (AvgIpc) is 3.19. The minimum absolute atomic E-state index is 0.0378. The van der Waals surface area contributed by atoms with E-state index in [1.165, 1.54) is 28.2 Å². The van der Waals surface area contributed by atoms with Gasteiger partial charge in [0.15, 0.2) is 4.96 Å². The van der Waals surface area contributed by atoms with Crippen molar-refractivity contribution in [2.75, 3.05) is 4.90 Å². The molecule has 3 aromatic rings. The standard InChI is InChI=1S/C21H25N3S/c1-13-8-7-9-14-16(13)24-12-15-17(22-18-23(15)10-11-25-18)21(24,6)20(4,5)19(14,2)3/h7-11H,12H2,1-6H3. The molecule has 0 saturated heterocycles. The van der Waals surface area contributed by atoms with Crippen molar-refractivity contribution in [3.63, 3.8) is 0 Å². The Bertz CT molecular complexity index is 1020. The van der Waals surface area contributed by atoms with Crippen LogP contribution in [0.2, 0.25) is 0 Å².